The number of hydrogen-bond donors (Lipinski definition) is 3. The van der Waals surface area contributed by atoms with Crippen molar-refractivity contribution in [3.8, 4) is 11.1 Å². The molecule has 3 aromatic carbocycles. The van der Waals surface area contributed by atoms with Crippen LogP contribution in [0.1, 0.15) is 34.3 Å². The molecule has 0 aromatic heterocycles. The number of nitrogens with one attached hydrogen (secondary N) is 2. The maximum atomic E-state index is 12.5. The topological polar surface area (TPSA) is 105 Å². The van der Waals surface area contributed by atoms with Gasteiger partial charge in [-0.05, 0) is 47.4 Å². The largest absolute Gasteiger partial charge is 0.480 e. The third-order valence-electron chi connectivity index (χ3n) is 5.47. The Balaban J connectivity index is 1.44. The van der Waals surface area contributed by atoms with Crippen molar-refractivity contribution in [1.82, 2.24) is 5.32 Å². The van der Waals surface area contributed by atoms with Gasteiger partial charge >= 0.3 is 12.1 Å². The average Bonchev–Trinajstić information content (AvgIpc) is 3.11. The first-order valence-electron chi connectivity index (χ1n) is 10.3. The Morgan fingerprint density at radius 2 is 1.61 bits per heavy atom. The number of benzene rings is 3. The number of carbonyl (C=O) groups excluding carboxylic acids is 2. The van der Waals surface area contributed by atoms with Crippen LogP contribution in [0.2, 0.25) is 5.02 Å². The Labute approximate surface area is 195 Å². The van der Waals surface area contributed by atoms with E-state index in [9.17, 15) is 14.4 Å². The first-order chi connectivity index (χ1) is 15.8. The molecule has 2 amide bonds. The minimum atomic E-state index is -1.16. The highest BCUT2D eigenvalue weighted by molar-refractivity contribution is 6.31. The van der Waals surface area contributed by atoms with Gasteiger partial charge in [0.05, 0.1) is 0 Å². The summed E-state index contributed by atoms with van der Waals surface area (Å²) in [5, 5.41) is 14.1. The van der Waals surface area contributed by atoms with E-state index in [-0.39, 0.29) is 28.8 Å². The van der Waals surface area contributed by atoms with Crippen LogP contribution in [-0.2, 0) is 9.53 Å². The number of ether oxygens (including phenoxy) is 1. The van der Waals surface area contributed by atoms with Gasteiger partial charge in [0.15, 0.2) is 0 Å². The number of rotatable bonds is 6. The number of amides is 2. The Kier molecular flexibility index (Phi) is 6.33. The zero-order chi connectivity index (χ0) is 23.5. The van der Waals surface area contributed by atoms with Crippen LogP contribution < -0.4 is 10.6 Å². The van der Waals surface area contributed by atoms with Crippen molar-refractivity contribution in [3.05, 3.63) is 88.4 Å². The van der Waals surface area contributed by atoms with Crippen LogP contribution in [0.15, 0.2) is 66.7 Å². The molecule has 1 atom stereocenters. The zero-order valence-electron chi connectivity index (χ0n) is 17.7. The number of carboxylic acid groups (broad SMARTS) is 1. The summed E-state index contributed by atoms with van der Waals surface area (Å²) in [7, 11) is 0. The van der Waals surface area contributed by atoms with Gasteiger partial charge in [-0.2, -0.15) is 0 Å². The molecule has 0 saturated heterocycles. The molecule has 0 fully saturated rings. The number of carbonyl (C=O) groups is 3. The first kappa shape index (κ1) is 22.4. The van der Waals surface area contributed by atoms with E-state index in [1.807, 2.05) is 36.4 Å². The maximum absolute atomic E-state index is 12.5. The Morgan fingerprint density at radius 3 is 2.21 bits per heavy atom. The van der Waals surface area contributed by atoms with Gasteiger partial charge in [-0.1, -0.05) is 60.1 Å². The van der Waals surface area contributed by atoms with Crippen LogP contribution >= 0.6 is 11.6 Å². The molecule has 1 aliphatic carbocycles. The molecule has 3 N–H and O–H groups in total. The Hall–Kier alpha value is -3.84. The van der Waals surface area contributed by atoms with Crippen molar-refractivity contribution in [2.45, 2.75) is 18.9 Å². The van der Waals surface area contributed by atoms with Crippen LogP contribution in [0.3, 0.4) is 0 Å². The zero-order valence-corrected chi connectivity index (χ0v) is 18.4. The summed E-state index contributed by atoms with van der Waals surface area (Å²) in [6.45, 7) is 1.49. The number of aliphatic carboxylic acids is 1. The molecule has 1 unspecified atom stereocenters. The highest BCUT2D eigenvalue weighted by Gasteiger charge is 2.29. The lowest BCUT2D eigenvalue weighted by molar-refractivity contribution is -0.138. The molecule has 0 spiro atoms. The number of carboxylic acids is 1. The van der Waals surface area contributed by atoms with E-state index < -0.39 is 24.0 Å². The van der Waals surface area contributed by atoms with Gasteiger partial charge in [-0.15, -0.1) is 0 Å². The molecule has 3 aromatic rings. The van der Waals surface area contributed by atoms with Crippen LogP contribution in [0, 0.1) is 0 Å². The molecule has 0 heterocycles. The van der Waals surface area contributed by atoms with Gasteiger partial charge in [-0.3, -0.25) is 14.9 Å². The monoisotopic (exact) mass is 464 g/mol. The third kappa shape index (κ3) is 4.83. The number of fused-ring (bicyclic) bond motifs is 3. The van der Waals surface area contributed by atoms with Crippen LogP contribution in [0.25, 0.3) is 11.1 Å². The molecule has 0 aliphatic heterocycles. The molecule has 0 radical (unpaired) electrons. The maximum Gasteiger partial charge on any atom is 0.411 e. The summed E-state index contributed by atoms with van der Waals surface area (Å²) in [5.41, 5.74) is 4.82. The lowest BCUT2D eigenvalue weighted by Crippen LogP contribution is -2.38. The first-order valence-corrected chi connectivity index (χ1v) is 10.7. The predicted molar refractivity (Wildman–Crippen MR) is 125 cm³/mol. The molecule has 0 saturated carbocycles. The second-order valence-corrected chi connectivity index (χ2v) is 8.15. The summed E-state index contributed by atoms with van der Waals surface area (Å²) < 4.78 is 5.51. The van der Waals surface area contributed by atoms with E-state index in [0.717, 1.165) is 22.3 Å². The van der Waals surface area contributed by atoms with Gasteiger partial charge < -0.3 is 15.2 Å². The number of hydrogen-bond acceptors (Lipinski definition) is 4. The van der Waals surface area contributed by atoms with Crippen LogP contribution in [0.4, 0.5) is 10.5 Å². The number of anilines is 1. The van der Waals surface area contributed by atoms with Crippen molar-refractivity contribution in [1.29, 1.82) is 0 Å². The molecular formula is C25H21ClN2O5. The molecule has 168 valence electrons. The normalized spacial score (nSPS) is 12.9. The van der Waals surface area contributed by atoms with Crippen molar-refractivity contribution in [3.63, 3.8) is 0 Å². The molecule has 4 rings (SSSR count). The quantitative estimate of drug-likeness (QED) is 0.481. The van der Waals surface area contributed by atoms with E-state index in [0.29, 0.717) is 0 Å². The minimum Gasteiger partial charge on any atom is -0.480 e. The molecule has 33 heavy (non-hydrogen) atoms. The molecule has 1 aliphatic rings. The third-order valence-corrected chi connectivity index (χ3v) is 5.69. The second-order valence-electron chi connectivity index (χ2n) is 7.71. The predicted octanol–water partition coefficient (Wildman–Crippen LogP) is 4.90. The van der Waals surface area contributed by atoms with Gasteiger partial charge in [0, 0.05) is 22.2 Å². The van der Waals surface area contributed by atoms with E-state index in [4.69, 9.17) is 21.4 Å². The van der Waals surface area contributed by atoms with Crippen molar-refractivity contribution in [2.24, 2.45) is 0 Å². The summed E-state index contributed by atoms with van der Waals surface area (Å²) in [6, 6.07) is 19.2. The molecule has 7 nitrogen and oxygen atoms in total. The fourth-order valence-electron chi connectivity index (χ4n) is 3.89. The van der Waals surface area contributed by atoms with Gasteiger partial charge in [0.1, 0.15) is 12.6 Å². The van der Waals surface area contributed by atoms with Gasteiger partial charge in [0.25, 0.3) is 5.91 Å². The smallest absolute Gasteiger partial charge is 0.411 e. The number of halogens is 1. The SMILES string of the molecule is CC(NC(=O)c1cc(Cl)cc(NC(=O)OCC2c3ccccc3-c3ccccc32)c1)C(=O)O. The second kappa shape index (κ2) is 9.34. The fourth-order valence-corrected chi connectivity index (χ4v) is 4.12. The minimum absolute atomic E-state index is 0.0821. The molecule has 8 heteroatoms. The highest BCUT2D eigenvalue weighted by Crippen LogP contribution is 2.44. The van der Waals surface area contributed by atoms with Gasteiger partial charge in [-0.25, -0.2) is 4.79 Å². The van der Waals surface area contributed by atoms with Gasteiger partial charge in [0.2, 0.25) is 0 Å². The van der Waals surface area contributed by atoms with E-state index >= 15 is 0 Å². The lowest BCUT2D eigenvalue weighted by Gasteiger charge is -2.15. The highest BCUT2D eigenvalue weighted by atomic mass is 35.5. The van der Waals surface area contributed by atoms with Crippen LogP contribution in [0.5, 0.6) is 0 Å². The average molecular weight is 465 g/mol. The van der Waals surface area contributed by atoms with Crippen molar-refractivity contribution >= 4 is 35.3 Å². The fraction of sp³-hybridized carbons (Fsp3) is 0.160. The summed E-state index contributed by atoms with van der Waals surface area (Å²) in [4.78, 5) is 35.8. The van der Waals surface area contributed by atoms with E-state index in [1.54, 1.807) is 0 Å². The van der Waals surface area contributed by atoms with E-state index in [2.05, 4.69) is 22.8 Å². The van der Waals surface area contributed by atoms with Crippen LogP contribution in [-0.4, -0.2) is 35.7 Å². The molecular weight excluding hydrogens is 444 g/mol. The Bertz CT molecular complexity index is 1200. The standard InChI is InChI=1S/C25H21ClN2O5/c1-14(24(30)31)27-23(29)15-10-16(26)12-17(11-15)28-25(32)33-13-22-20-8-4-2-6-18(20)19-7-3-5-9-21(19)22/h2-12,14,22H,13H2,1H3,(H,27,29)(H,28,32)(H,30,31). The van der Waals surface area contributed by atoms with Crippen molar-refractivity contribution < 1.29 is 24.2 Å². The lowest BCUT2D eigenvalue weighted by atomic mass is 9.98. The van der Waals surface area contributed by atoms with E-state index in [1.165, 1.54) is 25.1 Å². The Morgan fingerprint density at radius 1 is 1.00 bits per heavy atom. The summed E-state index contributed by atoms with van der Waals surface area (Å²) in [5.74, 6) is -1.87. The summed E-state index contributed by atoms with van der Waals surface area (Å²) >= 11 is 6.08. The molecule has 0 bridgehead atoms. The van der Waals surface area contributed by atoms with Crippen molar-refractivity contribution in [2.75, 3.05) is 11.9 Å². The summed E-state index contributed by atoms with van der Waals surface area (Å²) in [6.07, 6.45) is -0.690.